The molecule has 2 atom stereocenters. The SMILES string of the molecule is CCOC(=O)[C@H](COCc1ccccc1)N[C@@H](Cc1ccc(-c2cccc(Cl)c2)cc1)C(=O)O.NC1=NNNN1. The van der Waals surface area contributed by atoms with Gasteiger partial charge in [0.25, 0.3) is 0 Å². The molecule has 212 valence electrons. The lowest BCUT2D eigenvalue weighted by Crippen LogP contribution is -2.51. The molecule has 3 aromatic rings. The van der Waals surface area contributed by atoms with E-state index in [9.17, 15) is 14.7 Å². The van der Waals surface area contributed by atoms with Crippen molar-refractivity contribution in [2.75, 3.05) is 13.2 Å². The third-order valence-electron chi connectivity index (χ3n) is 5.64. The monoisotopic (exact) mass is 568 g/mol. The molecule has 0 aliphatic carbocycles. The fourth-order valence-electron chi connectivity index (χ4n) is 3.70. The number of aliphatic carboxylic acids is 1. The normalized spacial score (nSPS) is 13.5. The lowest BCUT2D eigenvalue weighted by Gasteiger charge is -2.22. The first kappa shape index (κ1) is 30.4. The summed E-state index contributed by atoms with van der Waals surface area (Å²) in [5.74, 6) is -1.25. The number of halogens is 1. The number of carboxylic acids is 1. The Morgan fingerprint density at radius 1 is 1.00 bits per heavy atom. The average Bonchev–Trinajstić information content (AvgIpc) is 3.44. The van der Waals surface area contributed by atoms with E-state index in [1.54, 1.807) is 6.92 Å². The highest BCUT2D eigenvalue weighted by Gasteiger charge is 2.27. The highest BCUT2D eigenvalue weighted by molar-refractivity contribution is 6.30. The van der Waals surface area contributed by atoms with E-state index in [2.05, 4.69) is 26.9 Å². The Kier molecular flexibility index (Phi) is 12.2. The van der Waals surface area contributed by atoms with Crippen LogP contribution in [0.3, 0.4) is 0 Å². The number of ether oxygens (including phenoxy) is 2. The van der Waals surface area contributed by atoms with E-state index >= 15 is 0 Å². The zero-order valence-corrected chi connectivity index (χ0v) is 22.7. The van der Waals surface area contributed by atoms with E-state index in [-0.39, 0.29) is 19.6 Å². The van der Waals surface area contributed by atoms with Gasteiger partial charge < -0.3 is 20.3 Å². The Hall–Kier alpha value is -4.16. The predicted octanol–water partition coefficient (Wildman–Crippen LogP) is 2.57. The number of hydrazine groups is 2. The first-order chi connectivity index (χ1) is 19.4. The standard InChI is InChI=1S/C27H28ClNO5.CH5N5/c1-2-34-27(32)25(18-33-17-20-7-4-3-5-8-20)29-24(26(30)31)15-19-11-13-21(14-12-19)22-9-6-10-23(28)16-22;2-1-3-5-6-4-1/h3-14,16,24-25,29H,2,15,17-18H2,1H3,(H,30,31);5-6H,(H3,2,3,4)/t24-,25-;/m0./s1. The minimum Gasteiger partial charge on any atom is -0.480 e. The molecule has 40 heavy (non-hydrogen) atoms. The van der Waals surface area contributed by atoms with Crippen LogP contribution in [-0.2, 0) is 32.1 Å². The number of rotatable bonds is 12. The molecule has 3 aromatic carbocycles. The molecule has 0 amide bonds. The summed E-state index contributed by atoms with van der Waals surface area (Å²) in [5.41, 5.74) is 16.1. The first-order valence-electron chi connectivity index (χ1n) is 12.6. The van der Waals surface area contributed by atoms with Gasteiger partial charge in [0.05, 0.1) is 19.8 Å². The van der Waals surface area contributed by atoms with Gasteiger partial charge in [-0.25, -0.2) is 5.53 Å². The molecule has 1 aliphatic rings. The summed E-state index contributed by atoms with van der Waals surface area (Å²) < 4.78 is 10.8. The molecule has 0 bridgehead atoms. The van der Waals surface area contributed by atoms with Crippen LogP contribution in [0.25, 0.3) is 11.1 Å². The third kappa shape index (κ3) is 10.2. The Morgan fingerprint density at radius 2 is 1.75 bits per heavy atom. The molecule has 0 saturated carbocycles. The van der Waals surface area contributed by atoms with Crippen LogP contribution in [0.1, 0.15) is 18.1 Å². The van der Waals surface area contributed by atoms with Crippen molar-refractivity contribution in [2.24, 2.45) is 10.8 Å². The Balaban J connectivity index is 0.000000649. The van der Waals surface area contributed by atoms with Gasteiger partial charge in [0, 0.05) is 5.02 Å². The zero-order valence-electron chi connectivity index (χ0n) is 22.0. The van der Waals surface area contributed by atoms with Crippen molar-refractivity contribution >= 4 is 29.5 Å². The summed E-state index contributed by atoms with van der Waals surface area (Å²) in [6, 6.07) is 22.8. The van der Waals surface area contributed by atoms with Gasteiger partial charge in [-0.05, 0) is 47.7 Å². The van der Waals surface area contributed by atoms with Crippen molar-refractivity contribution in [2.45, 2.75) is 32.0 Å². The molecule has 0 saturated heterocycles. The second-order valence-electron chi connectivity index (χ2n) is 8.63. The van der Waals surface area contributed by atoms with Gasteiger partial charge in [0.15, 0.2) is 0 Å². The molecule has 1 aliphatic heterocycles. The second kappa shape index (κ2) is 16.1. The molecular formula is C28H33ClN6O5. The number of nitrogens with zero attached hydrogens (tertiary/aromatic N) is 1. The predicted molar refractivity (Wildman–Crippen MR) is 153 cm³/mol. The Bertz CT molecular complexity index is 1260. The van der Waals surface area contributed by atoms with Crippen molar-refractivity contribution in [1.29, 1.82) is 0 Å². The number of carbonyl (C=O) groups excluding carboxylic acids is 1. The fraction of sp³-hybridized carbons (Fsp3) is 0.250. The van der Waals surface area contributed by atoms with Crippen molar-refractivity contribution < 1.29 is 24.2 Å². The number of hydrazone groups is 1. The van der Waals surface area contributed by atoms with Gasteiger partial charge in [-0.3, -0.25) is 20.3 Å². The molecule has 0 unspecified atom stereocenters. The molecule has 0 fully saturated rings. The van der Waals surface area contributed by atoms with Crippen LogP contribution in [0.5, 0.6) is 0 Å². The largest absolute Gasteiger partial charge is 0.480 e. The summed E-state index contributed by atoms with van der Waals surface area (Å²) >= 11 is 6.08. The summed E-state index contributed by atoms with van der Waals surface area (Å²) in [4.78, 5) is 24.4. The van der Waals surface area contributed by atoms with Crippen molar-refractivity contribution in [3.05, 3.63) is 95.0 Å². The first-order valence-corrected chi connectivity index (χ1v) is 12.9. The minimum absolute atomic E-state index is 0.00872. The number of benzene rings is 3. The van der Waals surface area contributed by atoms with Crippen molar-refractivity contribution in [3.8, 4) is 11.1 Å². The van der Waals surface area contributed by atoms with E-state index in [4.69, 9.17) is 26.8 Å². The maximum atomic E-state index is 12.5. The average molecular weight is 569 g/mol. The highest BCUT2D eigenvalue weighted by Crippen LogP contribution is 2.23. The number of nitrogens with one attached hydrogen (secondary N) is 4. The van der Waals surface area contributed by atoms with E-state index in [1.807, 2.05) is 78.9 Å². The quantitative estimate of drug-likeness (QED) is 0.179. The number of nitrogens with two attached hydrogens (primary N) is 1. The molecule has 0 radical (unpaired) electrons. The van der Waals surface area contributed by atoms with E-state index in [0.29, 0.717) is 17.6 Å². The smallest absolute Gasteiger partial charge is 0.325 e. The number of esters is 1. The minimum atomic E-state index is -1.06. The van der Waals surface area contributed by atoms with Crippen LogP contribution in [0.2, 0.25) is 5.02 Å². The summed E-state index contributed by atoms with van der Waals surface area (Å²) in [6.07, 6.45) is 0.194. The number of hydrogen-bond donors (Lipinski definition) is 6. The van der Waals surface area contributed by atoms with Crippen LogP contribution in [-0.4, -0.2) is 48.3 Å². The zero-order chi connectivity index (χ0) is 28.7. The van der Waals surface area contributed by atoms with Crippen molar-refractivity contribution in [3.63, 3.8) is 0 Å². The van der Waals surface area contributed by atoms with Crippen LogP contribution < -0.4 is 27.5 Å². The van der Waals surface area contributed by atoms with Crippen LogP contribution >= 0.6 is 11.6 Å². The van der Waals surface area contributed by atoms with Crippen LogP contribution in [0.15, 0.2) is 84.0 Å². The number of carbonyl (C=O) groups is 2. The molecule has 7 N–H and O–H groups in total. The fourth-order valence-corrected chi connectivity index (χ4v) is 3.89. The van der Waals surface area contributed by atoms with Crippen LogP contribution in [0, 0.1) is 0 Å². The summed E-state index contributed by atoms with van der Waals surface area (Å²) in [7, 11) is 0. The molecule has 0 spiro atoms. The summed E-state index contributed by atoms with van der Waals surface area (Å²) in [5, 5.41) is 16.8. The molecule has 12 heteroatoms. The Labute approximate surface area is 237 Å². The highest BCUT2D eigenvalue weighted by atomic mass is 35.5. The van der Waals surface area contributed by atoms with Gasteiger partial charge in [0.2, 0.25) is 5.96 Å². The molecule has 1 heterocycles. The lowest BCUT2D eigenvalue weighted by molar-refractivity contribution is -0.148. The van der Waals surface area contributed by atoms with Gasteiger partial charge in [-0.15, -0.1) is 10.6 Å². The van der Waals surface area contributed by atoms with Gasteiger partial charge >= 0.3 is 11.9 Å². The van der Waals surface area contributed by atoms with Crippen molar-refractivity contribution in [1.82, 2.24) is 21.8 Å². The lowest BCUT2D eigenvalue weighted by atomic mass is 10.0. The molecule has 4 rings (SSSR count). The van der Waals surface area contributed by atoms with E-state index in [0.717, 1.165) is 22.3 Å². The van der Waals surface area contributed by atoms with Gasteiger partial charge in [-0.2, -0.15) is 0 Å². The van der Waals surface area contributed by atoms with E-state index < -0.39 is 24.0 Å². The number of carboxylic acid groups (broad SMARTS) is 1. The molecule has 11 nitrogen and oxygen atoms in total. The molecule has 0 aromatic heterocycles. The third-order valence-corrected chi connectivity index (χ3v) is 5.88. The van der Waals surface area contributed by atoms with E-state index in [1.165, 1.54) is 0 Å². The van der Waals surface area contributed by atoms with Gasteiger partial charge in [-0.1, -0.05) is 78.3 Å². The molecular weight excluding hydrogens is 536 g/mol. The topological polar surface area (TPSA) is 159 Å². The summed E-state index contributed by atoms with van der Waals surface area (Å²) in [6.45, 7) is 2.20. The number of hydrogen-bond acceptors (Lipinski definition) is 10. The Morgan fingerprint density at radius 3 is 2.33 bits per heavy atom. The van der Waals surface area contributed by atoms with Gasteiger partial charge in [0.1, 0.15) is 12.1 Å². The number of guanidine groups is 1. The second-order valence-corrected chi connectivity index (χ2v) is 9.07. The maximum Gasteiger partial charge on any atom is 0.325 e. The van der Waals surface area contributed by atoms with Crippen LogP contribution in [0.4, 0.5) is 0 Å². The maximum absolute atomic E-state index is 12.5.